The zero-order chi connectivity index (χ0) is 12.5. The highest BCUT2D eigenvalue weighted by atomic mass is 32.2. The third-order valence-electron chi connectivity index (χ3n) is 2.63. The first-order valence-corrected chi connectivity index (χ1v) is 6.28. The first kappa shape index (κ1) is 11.1. The van der Waals surface area contributed by atoms with Crippen LogP contribution < -0.4 is 5.32 Å². The first-order chi connectivity index (χ1) is 8.74. The van der Waals surface area contributed by atoms with E-state index in [2.05, 4.69) is 5.32 Å². The zero-order valence-corrected chi connectivity index (χ0v) is 10.1. The van der Waals surface area contributed by atoms with Gasteiger partial charge in [0.15, 0.2) is 5.25 Å². The third-order valence-corrected chi connectivity index (χ3v) is 3.63. The number of imide groups is 1. The van der Waals surface area contributed by atoms with Crippen molar-refractivity contribution in [3.05, 3.63) is 48.2 Å². The Morgan fingerprint density at radius 2 is 1.83 bits per heavy atom. The van der Waals surface area contributed by atoms with Crippen molar-refractivity contribution in [2.24, 2.45) is 0 Å². The summed E-state index contributed by atoms with van der Waals surface area (Å²) in [4.78, 5) is 22.6. The Balaban J connectivity index is 1.91. The van der Waals surface area contributed by atoms with Gasteiger partial charge in [0, 0.05) is 5.56 Å². The van der Waals surface area contributed by atoms with Crippen molar-refractivity contribution in [2.45, 2.75) is 5.25 Å². The molecule has 1 aliphatic heterocycles. The molecule has 1 aromatic carbocycles. The van der Waals surface area contributed by atoms with E-state index in [4.69, 9.17) is 4.42 Å². The molecule has 0 aliphatic carbocycles. The highest BCUT2D eigenvalue weighted by Crippen LogP contribution is 2.36. The van der Waals surface area contributed by atoms with Gasteiger partial charge in [-0.1, -0.05) is 30.3 Å². The number of nitrogens with one attached hydrogen (secondary N) is 1. The molecule has 0 saturated carbocycles. The van der Waals surface area contributed by atoms with Crippen molar-refractivity contribution in [1.29, 1.82) is 0 Å². The highest BCUT2D eigenvalue weighted by molar-refractivity contribution is 8.15. The molecular formula is C13H9NO3S. The minimum atomic E-state index is -0.574. The molecule has 0 bridgehead atoms. The van der Waals surface area contributed by atoms with Crippen molar-refractivity contribution in [1.82, 2.24) is 5.32 Å². The van der Waals surface area contributed by atoms with Gasteiger partial charge in [0.05, 0.1) is 0 Å². The molecule has 0 radical (unpaired) electrons. The van der Waals surface area contributed by atoms with Crippen molar-refractivity contribution in [3.8, 4) is 11.3 Å². The Morgan fingerprint density at radius 3 is 2.50 bits per heavy atom. The number of benzene rings is 1. The largest absolute Gasteiger partial charge is 0.459 e. The predicted octanol–water partition coefficient (Wildman–Crippen LogP) is 2.97. The maximum absolute atomic E-state index is 11.5. The summed E-state index contributed by atoms with van der Waals surface area (Å²) < 4.78 is 5.64. The van der Waals surface area contributed by atoms with Gasteiger partial charge in [0.1, 0.15) is 11.5 Å². The minimum Gasteiger partial charge on any atom is -0.459 e. The molecule has 1 aliphatic rings. The second-order valence-electron chi connectivity index (χ2n) is 3.84. The normalized spacial score (nSPS) is 19.0. The van der Waals surface area contributed by atoms with Crippen LogP contribution in [0.1, 0.15) is 11.0 Å². The van der Waals surface area contributed by atoms with E-state index in [1.807, 2.05) is 30.3 Å². The summed E-state index contributed by atoms with van der Waals surface area (Å²) >= 11 is 0.942. The molecule has 1 fully saturated rings. The van der Waals surface area contributed by atoms with Crippen LogP contribution >= 0.6 is 11.8 Å². The number of carbonyl (C=O) groups is 2. The molecule has 1 aromatic heterocycles. The van der Waals surface area contributed by atoms with Crippen LogP contribution in [0.5, 0.6) is 0 Å². The molecule has 18 heavy (non-hydrogen) atoms. The molecule has 2 amide bonds. The van der Waals surface area contributed by atoms with Gasteiger partial charge >= 0.3 is 0 Å². The van der Waals surface area contributed by atoms with Crippen molar-refractivity contribution in [2.75, 3.05) is 0 Å². The number of carbonyl (C=O) groups excluding carboxylic acids is 2. The maximum Gasteiger partial charge on any atom is 0.286 e. The van der Waals surface area contributed by atoms with E-state index >= 15 is 0 Å². The molecule has 1 atom stereocenters. The first-order valence-electron chi connectivity index (χ1n) is 5.41. The molecule has 4 nitrogen and oxygen atoms in total. The fourth-order valence-corrected chi connectivity index (χ4v) is 2.58. The predicted molar refractivity (Wildman–Crippen MR) is 68.0 cm³/mol. The summed E-state index contributed by atoms with van der Waals surface area (Å²) in [5, 5.41) is 1.33. The summed E-state index contributed by atoms with van der Waals surface area (Å²) in [6, 6.07) is 13.1. The molecule has 3 rings (SSSR count). The summed E-state index contributed by atoms with van der Waals surface area (Å²) in [5.41, 5.74) is 0.943. The molecule has 1 unspecified atom stereocenters. The van der Waals surface area contributed by atoms with Crippen LogP contribution in [-0.2, 0) is 4.79 Å². The molecule has 2 aromatic rings. The molecule has 2 heterocycles. The number of thioether (sulfide) groups is 1. The SMILES string of the molecule is O=C1NC(=O)C(c2ccc(-c3ccccc3)o2)S1. The summed E-state index contributed by atoms with van der Waals surface area (Å²) in [5.74, 6) is 0.875. The van der Waals surface area contributed by atoms with Crippen molar-refractivity contribution < 1.29 is 14.0 Å². The van der Waals surface area contributed by atoms with Gasteiger partial charge in [-0.15, -0.1) is 0 Å². The van der Waals surface area contributed by atoms with Gasteiger partial charge in [-0.05, 0) is 23.9 Å². The Morgan fingerprint density at radius 1 is 1.06 bits per heavy atom. The van der Waals surface area contributed by atoms with E-state index in [0.29, 0.717) is 11.5 Å². The van der Waals surface area contributed by atoms with Gasteiger partial charge in [0.25, 0.3) is 5.24 Å². The number of amides is 2. The summed E-state index contributed by atoms with van der Waals surface area (Å²) in [6.07, 6.45) is 0. The zero-order valence-electron chi connectivity index (χ0n) is 9.25. The fraction of sp³-hybridized carbons (Fsp3) is 0.0769. The Kier molecular flexibility index (Phi) is 2.68. The van der Waals surface area contributed by atoms with Crippen LogP contribution in [0.4, 0.5) is 4.79 Å². The molecule has 1 N–H and O–H groups in total. The quantitative estimate of drug-likeness (QED) is 0.900. The molecular weight excluding hydrogens is 250 g/mol. The second kappa shape index (κ2) is 4.34. The highest BCUT2D eigenvalue weighted by Gasteiger charge is 2.35. The van der Waals surface area contributed by atoms with Gasteiger partial charge in [-0.3, -0.25) is 14.9 Å². The lowest BCUT2D eigenvalue weighted by Gasteiger charge is -2.00. The van der Waals surface area contributed by atoms with E-state index in [-0.39, 0.29) is 11.1 Å². The number of furan rings is 1. The third kappa shape index (κ3) is 1.93. The van der Waals surface area contributed by atoms with Crippen LogP contribution in [-0.4, -0.2) is 11.1 Å². The number of hydrogen-bond acceptors (Lipinski definition) is 4. The lowest BCUT2D eigenvalue weighted by Crippen LogP contribution is -2.20. The lowest BCUT2D eigenvalue weighted by molar-refractivity contribution is -0.119. The summed E-state index contributed by atoms with van der Waals surface area (Å²) in [6.45, 7) is 0. The minimum absolute atomic E-state index is 0.320. The van der Waals surface area contributed by atoms with E-state index in [1.165, 1.54) is 0 Å². The van der Waals surface area contributed by atoms with Crippen LogP contribution in [0.3, 0.4) is 0 Å². The van der Waals surface area contributed by atoms with Gasteiger partial charge in [-0.2, -0.15) is 0 Å². The smallest absolute Gasteiger partial charge is 0.286 e. The van der Waals surface area contributed by atoms with E-state index in [1.54, 1.807) is 12.1 Å². The standard InChI is InChI=1S/C13H9NO3S/c15-12-11(18-13(16)14-12)10-7-6-9(17-10)8-4-2-1-3-5-8/h1-7,11H,(H,14,15,16). The van der Waals surface area contributed by atoms with Crippen molar-refractivity contribution >= 4 is 22.9 Å². The van der Waals surface area contributed by atoms with Crippen LogP contribution in [0.2, 0.25) is 0 Å². The average molecular weight is 259 g/mol. The van der Waals surface area contributed by atoms with Gasteiger partial charge in [0.2, 0.25) is 5.91 Å². The number of rotatable bonds is 2. The summed E-state index contributed by atoms with van der Waals surface area (Å²) in [7, 11) is 0. The Bertz CT molecular complexity index is 606. The van der Waals surface area contributed by atoms with E-state index in [0.717, 1.165) is 17.3 Å². The van der Waals surface area contributed by atoms with E-state index in [9.17, 15) is 9.59 Å². The maximum atomic E-state index is 11.5. The van der Waals surface area contributed by atoms with Crippen LogP contribution in [0, 0.1) is 0 Å². The molecule has 5 heteroatoms. The van der Waals surface area contributed by atoms with Crippen LogP contribution in [0.25, 0.3) is 11.3 Å². The Hall–Kier alpha value is -2.01. The lowest BCUT2D eigenvalue weighted by atomic mass is 10.2. The molecule has 0 spiro atoms. The monoisotopic (exact) mass is 259 g/mol. The van der Waals surface area contributed by atoms with E-state index < -0.39 is 5.25 Å². The van der Waals surface area contributed by atoms with Gasteiger partial charge < -0.3 is 4.42 Å². The molecule has 90 valence electrons. The topological polar surface area (TPSA) is 59.3 Å². The van der Waals surface area contributed by atoms with Gasteiger partial charge in [-0.25, -0.2) is 0 Å². The van der Waals surface area contributed by atoms with Crippen LogP contribution in [0.15, 0.2) is 46.9 Å². The Labute approximate surface area is 107 Å². The number of hydrogen-bond donors (Lipinski definition) is 1. The second-order valence-corrected chi connectivity index (χ2v) is 4.92. The fourth-order valence-electron chi connectivity index (χ4n) is 1.79. The van der Waals surface area contributed by atoms with Crippen molar-refractivity contribution in [3.63, 3.8) is 0 Å². The average Bonchev–Trinajstić information content (AvgIpc) is 2.97. The molecule has 1 saturated heterocycles.